The van der Waals surface area contributed by atoms with E-state index in [1.807, 2.05) is 13.0 Å². The number of amides is 1. The van der Waals surface area contributed by atoms with Crippen molar-refractivity contribution in [1.29, 1.82) is 0 Å². The third-order valence-corrected chi connectivity index (χ3v) is 4.88. The Morgan fingerprint density at radius 3 is 2.67 bits per heavy atom. The molecule has 1 heterocycles. The molecule has 1 aromatic carbocycles. The van der Waals surface area contributed by atoms with E-state index in [2.05, 4.69) is 10.3 Å². The average Bonchev–Trinajstić information content (AvgIpc) is 2.85. The Kier molecular flexibility index (Phi) is 4.55. The molecular weight excluding hydrogens is 311 g/mol. The zero-order valence-corrected chi connectivity index (χ0v) is 13.6. The first-order chi connectivity index (χ1) is 11.5. The smallest absolute Gasteiger partial charge is 0.306 e. The number of carbonyl (C=O) groups excluding carboxylic acids is 1. The normalized spacial score (nSPS) is 20.9. The summed E-state index contributed by atoms with van der Waals surface area (Å²) in [6.45, 7) is 1.83. The zero-order chi connectivity index (χ0) is 17.3. The van der Waals surface area contributed by atoms with Crippen molar-refractivity contribution < 1.29 is 19.1 Å². The minimum Gasteiger partial charge on any atom is -0.481 e. The first-order valence-electron chi connectivity index (χ1n) is 8.23. The number of H-pyrrole nitrogens is 1. The van der Waals surface area contributed by atoms with E-state index in [4.69, 9.17) is 5.11 Å². The van der Waals surface area contributed by atoms with E-state index in [9.17, 15) is 14.0 Å². The lowest BCUT2D eigenvalue weighted by atomic mass is 9.86. The molecule has 0 spiro atoms. The Hall–Kier alpha value is -2.37. The van der Waals surface area contributed by atoms with Crippen LogP contribution in [0.25, 0.3) is 10.9 Å². The molecule has 0 atom stereocenters. The highest BCUT2D eigenvalue weighted by Gasteiger charge is 2.27. The Balaban J connectivity index is 1.65. The number of carboxylic acids is 1. The molecule has 128 valence electrons. The Morgan fingerprint density at radius 2 is 2.00 bits per heavy atom. The molecule has 0 bridgehead atoms. The standard InChI is InChI=1S/C18H21FN2O3/c1-10-14(13-3-2-4-15(19)17(13)20-10)9-16(22)21-12-7-5-11(6-8-12)18(23)24/h2-4,11-12,20H,5-9H2,1H3,(H,21,22)(H,23,24). The van der Waals surface area contributed by atoms with Crippen molar-refractivity contribution in [2.45, 2.75) is 45.1 Å². The van der Waals surface area contributed by atoms with Crippen LogP contribution in [0.2, 0.25) is 0 Å². The molecule has 0 aliphatic heterocycles. The number of benzene rings is 1. The van der Waals surface area contributed by atoms with Crippen molar-refractivity contribution in [2.75, 3.05) is 0 Å². The van der Waals surface area contributed by atoms with E-state index in [1.165, 1.54) is 6.07 Å². The van der Waals surface area contributed by atoms with Gasteiger partial charge in [-0.2, -0.15) is 0 Å². The molecule has 6 heteroatoms. The topological polar surface area (TPSA) is 82.2 Å². The second-order valence-corrected chi connectivity index (χ2v) is 6.52. The van der Waals surface area contributed by atoms with Crippen LogP contribution in [0.15, 0.2) is 18.2 Å². The van der Waals surface area contributed by atoms with Crippen LogP contribution >= 0.6 is 0 Å². The summed E-state index contributed by atoms with van der Waals surface area (Å²) in [5.74, 6) is -1.48. The lowest BCUT2D eigenvalue weighted by molar-refractivity contribution is -0.142. The maximum atomic E-state index is 13.8. The molecule has 3 N–H and O–H groups in total. The summed E-state index contributed by atoms with van der Waals surface area (Å²) >= 11 is 0. The number of aromatic nitrogens is 1. The number of hydrogen-bond acceptors (Lipinski definition) is 2. The van der Waals surface area contributed by atoms with E-state index < -0.39 is 5.97 Å². The van der Waals surface area contributed by atoms with Crippen molar-refractivity contribution in [3.8, 4) is 0 Å². The van der Waals surface area contributed by atoms with Crippen molar-refractivity contribution in [3.63, 3.8) is 0 Å². The van der Waals surface area contributed by atoms with Gasteiger partial charge in [0.05, 0.1) is 17.9 Å². The van der Waals surface area contributed by atoms with Crippen LogP contribution in [0, 0.1) is 18.7 Å². The number of carbonyl (C=O) groups is 2. The number of aliphatic carboxylic acids is 1. The molecule has 1 fully saturated rings. The fraction of sp³-hybridized carbons (Fsp3) is 0.444. The van der Waals surface area contributed by atoms with Crippen molar-refractivity contribution in [3.05, 3.63) is 35.3 Å². The molecule has 1 amide bonds. The molecule has 1 aromatic heterocycles. The molecule has 0 unspecified atom stereocenters. The first kappa shape index (κ1) is 16.5. The van der Waals surface area contributed by atoms with Gasteiger partial charge in [-0.1, -0.05) is 12.1 Å². The average molecular weight is 332 g/mol. The van der Waals surface area contributed by atoms with Crippen LogP contribution in [0.5, 0.6) is 0 Å². The van der Waals surface area contributed by atoms with Crippen LogP contribution in [0.4, 0.5) is 4.39 Å². The van der Waals surface area contributed by atoms with Crippen LogP contribution in [-0.2, 0) is 16.0 Å². The fourth-order valence-electron chi connectivity index (χ4n) is 3.52. The van der Waals surface area contributed by atoms with E-state index in [0.29, 0.717) is 31.2 Å². The predicted molar refractivity (Wildman–Crippen MR) is 88.2 cm³/mol. The van der Waals surface area contributed by atoms with E-state index in [-0.39, 0.29) is 30.1 Å². The number of halogens is 1. The Bertz CT molecular complexity index is 776. The molecule has 24 heavy (non-hydrogen) atoms. The monoisotopic (exact) mass is 332 g/mol. The zero-order valence-electron chi connectivity index (χ0n) is 13.6. The highest BCUT2D eigenvalue weighted by atomic mass is 19.1. The van der Waals surface area contributed by atoms with Gasteiger partial charge in [-0.05, 0) is 44.2 Å². The SMILES string of the molecule is Cc1[nH]c2c(F)cccc2c1CC(=O)NC1CCC(C(=O)O)CC1. The number of aromatic amines is 1. The molecule has 3 rings (SSSR count). The van der Waals surface area contributed by atoms with Gasteiger partial charge >= 0.3 is 5.97 Å². The summed E-state index contributed by atoms with van der Waals surface area (Å²) in [5.41, 5.74) is 2.03. The maximum Gasteiger partial charge on any atom is 0.306 e. The van der Waals surface area contributed by atoms with Gasteiger partial charge in [0.25, 0.3) is 0 Å². The number of para-hydroxylation sites is 1. The number of aryl methyl sites for hydroxylation is 1. The van der Waals surface area contributed by atoms with Gasteiger partial charge in [-0.25, -0.2) is 4.39 Å². The van der Waals surface area contributed by atoms with Gasteiger partial charge < -0.3 is 15.4 Å². The predicted octanol–water partition coefficient (Wildman–Crippen LogP) is 2.92. The molecule has 0 radical (unpaired) electrons. The molecule has 5 nitrogen and oxygen atoms in total. The minimum absolute atomic E-state index is 0.0235. The van der Waals surface area contributed by atoms with Gasteiger partial charge in [0.1, 0.15) is 5.82 Å². The number of rotatable bonds is 4. The van der Waals surface area contributed by atoms with E-state index in [1.54, 1.807) is 6.07 Å². The van der Waals surface area contributed by atoms with E-state index in [0.717, 1.165) is 16.6 Å². The van der Waals surface area contributed by atoms with Gasteiger partial charge in [0.15, 0.2) is 0 Å². The lowest BCUT2D eigenvalue weighted by Crippen LogP contribution is -2.39. The number of fused-ring (bicyclic) bond motifs is 1. The molecule has 2 aromatic rings. The summed E-state index contributed by atoms with van der Waals surface area (Å²) < 4.78 is 13.8. The molecule has 1 aliphatic rings. The largest absolute Gasteiger partial charge is 0.481 e. The first-order valence-corrected chi connectivity index (χ1v) is 8.23. The van der Waals surface area contributed by atoms with Gasteiger partial charge in [-0.15, -0.1) is 0 Å². The second kappa shape index (κ2) is 6.63. The van der Waals surface area contributed by atoms with Crippen molar-refractivity contribution >= 4 is 22.8 Å². The van der Waals surface area contributed by atoms with Gasteiger partial charge in [-0.3, -0.25) is 9.59 Å². The third kappa shape index (κ3) is 3.27. The minimum atomic E-state index is -0.753. The van der Waals surface area contributed by atoms with E-state index >= 15 is 0 Å². The second-order valence-electron chi connectivity index (χ2n) is 6.52. The highest BCUT2D eigenvalue weighted by Crippen LogP contribution is 2.26. The fourth-order valence-corrected chi connectivity index (χ4v) is 3.52. The molecule has 1 saturated carbocycles. The number of hydrogen-bond donors (Lipinski definition) is 3. The quantitative estimate of drug-likeness (QED) is 0.805. The van der Waals surface area contributed by atoms with Gasteiger partial charge in [0.2, 0.25) is 5.91 Å². The molecule has 0 saturated heterocycles. The highest BCUT2D eigenvalue weighted by molar-refractivity contribution is 5.90. The van der Waals surface area contributed by atoms with Crippen LogP contribution in [0.1, 0.15) is 36.9 Å². The van der Waals surface area contributed by atoms with Crippen LogP contribution < -0.4 is 5.32 Å². The summed E-state index contributed by atoms with van der Waals surface area (Å²) in [6, 6.07) is 4.86. The molecule has 1 aliphatic carbocycles. The summed E-state index contributed by atoms with van der Waals surface area (Å²) in [6.07, 6.45) is 2.75. The summed E-state index contributed by atoms with van der Waals surface area (Å²) in [7, 11) is 0. The van der Waals surface area contributed by atoms with Crippen LogP contribution in [-0.4, -0.2) is 28.0 Å². The summed E-state index contributed by atoms with van der Waals surface area (Å²) in [5, 5.41) is 12.7. The number of nitrogens with one attached hydrogen (secondary N) is 2. The summed E-state index contributed by atoms with van der Waals surface area (Å²) in [4.78, 5) is 26.3. The van der Waals surface area contributed by atoms with Gasteiger partial charge in [0, 0.05) is 17.1 Å². The molecular formula is C18H21FN2O3. The van der Waals surface area contributed by atoms with Crippen molar-refractivity contribution in [2.24, 2.45) is 5.92 Å². The number of carboxylic acid groups (broad SMARTS) is 1. The lowest BCUT2D eigenvalue weighted by Gasteiger charge is -2.26. The van der Waals surface area contributed by atoms with Crippen molar-refractivity contribution in [1.82, 2.24) is 10.3 Å². The Morgan fingerprint density at radius 1 is 1.29 bits per heavy atom. The Labute approximate surface area is 139 Å². The maximum absolute atomic E-state index is 13.8. The van der Waals surface area contributed by atoms with Crippen LogP contribution in [0.3, 0.4) is 0 Å². The third-order valence-electron chi connectivity index (χ3n) is 4.88.